The molecule has 0 aliphatic rings. The van der Waals surface area contributed by atoms with E-state index in [0.29, 0.717) is 43.0 Å². The SMILES string of the molecule is C=CCCC(=O)N(Cc1ccncc1)Cc1ccc(OC)c(OCc2ccccc2F)c1. The average molecular weight is 435 g/mol. The predicted octanol–water partition coefficient (Wildman–Crippen LogP) is 5.30. The highest BCUT2D eigenvalue weighted by Crippen LogP contribution is 2.30. The first-order valence-corrected chi connectivity index (χ1v) is 10.4. The molecule has 32 heavy (non-hydrogen) atoms. The number of hydrogen-bond donors (Lipinski definition) is 0. The van der Waals surface area contributed by atoms with Crippen molar-refractivity contribution in [2.45, 2.75) is 32.5 Å². The van der Waals surface area contributed by atoms with Gasteiger partial charge >= 0.3 is 0 Å². The van der Waals surface area contributed by atoms with E-state index in [-0.39, 0.29) is 18.3 Å². The van der Waals surface area contributed by atoms with E-state index >= 15 is 0 Å². The van der Waals surface area contributed by atoms with Crippen molar-refractivity contribution in [2.24, 2.45) is 0 Å². The van der Waals surface area contributed by atoms with Crippen LogP contribution in [0.3, 0.4) is 0 Å². The molecule has 1 amide bonds. The first-order chi connectivity index (χ1) is 15.6. The molecule has 0 fully saturated rings. The first kappa shape index (κ1) is 23.0. The molecule has 0 unspecified atom stereocenters. The number of aromatic nitrogens is 1. The minimum absolute atomic E-state index is 0.0337. The summed E-state index contributed by atoms with van der Waals surface area (Å²) in [5.41, 5.74) is 2.34. The third-order valence-corrected chi connectivity index (χ3v) is 4.98. The van der Waals surface area contributed by atoms with E-state index in [1.54, 1.807) is 54.7 Å². The zero-order valence-electron chi connectivity index (χ0n) is 18.2. The van der Waals surface area contributed by atoms with Gasteiger partial charge < -0.3 is 14.4 Å². The van der Waals surface area contributed by atoms with E-state index in [2.05, 4.69) is 11.6 Å². The molecule has 0 bridgehead atoms. The van der Waals surface area contributed by atoms with Crippen LogP contribution in [-0.2, 0) is 24.5 Å². The Hall–Kier alpha value is -3.67. The molecule has 1 heterocycles. The highest BCUT2D eigenvalue weighted by atomic mass is 19.1. The van der Waals surface area contributed by atoms with Crippen molar-refractivity contribution in [1.29, 1.82) is 0 Å². The van der Waals surface area contributed by atoms with Crippen LogP contribution < -0.4 is 9.47 Å². The second kappa shape index (κ2) is 11.6. The number of halogens is 1. The van der Waals surface area contributed by atoms with Crippen molar-refractivity contribution in [2.75, 3.05) is 7.11 Å². The standard InChI is InChI=1S/C26H27FN2O3/c1-3-4-9-26(30)29(17-20-12-14-28-15-13-20)18-21-10-11-24(31-2)25(16-21)32-19-22-7-5-6-8-23(22)27/h3,5-8,10-16H,1,4,9,17-19H2,2H3. The Morgan fingerprint density at radius 1 is 1.06 bits per heavy atom. The Kier molecular flexibility index (Phi) is 8.37. The first-order valence-electron chi connectivity index (χ1n) is 10.4. The number of rotatable bonds is 11. The molecule has 3 aromatic rings. The summed E-state index contributed by atoms with van der Waals surface area (Å²) >= 11 is 0. The highest BCUT2D eigenvalue weighted by molar-refractivity contribution is 5.76. The summed E-state index contributed by atoms with van der Waals surface area (Å²) in [6, 6.07) is 15.8. The molecule has 0 aliphatic carbocycles. The number of carbonyl (C=O) groups excluding carboxylic acids is 1. The summed E-state index contributed by atoms with van der Waals surface area (Å²) in [6.45, 7) is 4.65. The Bertz CT molecular complexity index is 1040. The normalized spacial score (nSPS) is 10.4. The molecular weight excluding hydrogens is 407 g/mol. The lowest BCUT2D eigenvalue weighted by Crippen LogP contribution is -2.29. The van der Waals surface area contributed by atoms with Gasteiger partial charge in [0.25, 0.3) is 0 Å². The number of allylic oxidation sites excluding steroid dienone is 1. The summed E-state index contributed by atoms with van der Waals surface area (Å²) in [5.74, 6) is 0.754. The van der Waals surface area contributed by atoms with Crippen LogP contribution in [0.5, 0.6) is 11.5 Å². The van der Waals surface area contributed by atoms with Crippen LogP contribution in [-0.4, -0.2) is 22.9 Å². The molecular formula is C26H27FN2O3. The second-order valence-corrected chi connectivity index (χ2v) is 7.30. The molecule has 166 valence electrons. The second-order valence-electron chi connectivity index (χ2n) is 7.30. The van der Waals surface area contributed by atoms with Gasteiger partial charge in [0.05, 0.1) is 7.11 Å². The lowest BCUT2D eigenvalue weighted by atomic mass is 10.1. The molecule has 0 N–H and O–H groups in total. The number of amides is 1. The number of nitrogens with zero attached hydrogens (tertiary/aromatic N) is 2. The molecule has 1 aromatic heterocycles. The van der Waals surface area contributed by atoms with Gasteiger partial charge in [-0.05, 0) is 47.9 Å². The number of methoxy groups -OCH3 is 1. The van der Waals surface area contributed by atoms with Gasteiger partial charge in [-0.25, -0.2) is 4.39 Å². The maximum atomic E-state index is 14.0. The summed E-state index contributed by atoms with van der Waals surface area (Å²) in [6.07, 6.45) is 6.17. The lowest BCUT2D eigenvalue weighted by molar-refractivity contribution is -0.132. The Morgan fingerprint density at radius 2 is 1.81 bits per heavy atom. The smallest absolute Gasteiger partial charge is 0.223 e. The van der Waals surface area contributed by atoms with Gasteiger partial charge in [-0.15, -0.1) is 6.58 Å². The fraction of sp³-hybridized carbons (Fsp3) is 0.231. The van der Waals surface area contributed by atoms with Crippen molar-refractivity contribution in [3.05, 3.63) is 102 Å². The van der Waals surface area contributed by atoms with Crippen LogP contribution in [0.4, 0.5) is 4.39 Å². The minimum atomic E-state index is -0.320. The number of pyridine rings is 1. The highest BCUT2D eigenvalue weighted by Gasteiger charge is 2.16. The molecule has 5 nitrogen and oxygen atoms in total. The zero-order chi connectivity index (χ0) is 22.8. The molecule has 0 radical (unpaired) electrons. The van der Waals surface area contributed by atoms with Crippen molar-refractivity contribution >= 4 is 5.91 Å². The van der Waals surface area contributed by atoms with Crippen LogP contribution in [0.25, 0.3) is 0 Å². The van der Waals surface area contributed by atoms with E-state index in [0.717, 1.165) is 11.1 Å². The minimum Gasteiger partial charge on any atom is -0.493 e. The topological polar surface area (TPSA) is 51.7 Å². The molecule has 0 spiro atoms. The van der Waals surface area contributed by atoms with Crippen molar-refractivity contribution in [3.8, 4) is 11.5 Å². The van der Waals surface area contributed by atoms with Crippen molar-refractivity contribution in [1.82, 2.24) is 9.88 Å². The molecule has 0 saturated carbocycles. The van der Waals surface area contributed by atoms with Gasteiger partial charge in [0, 0.05) is 37.5 Å². The van der Waals surface area contributed by atoms with Gasteiger partial charge in [0.1, 0.15) is 12.4 Å². The number of ether oxygens (including phenoxy) is 2. The van der Waals surface area contributed by atoms with E-state index in [1.807, 2.05) is 24.3 Å². The predicted molar refractivity (Wildman–Crippen MR) is 122 cm³/mol. The summed E-state index contributed by atoms with van der Waals surface area (Å²) < 4.78 is 25.2. The van der Waals surface area contributed by atoms with Gasteiger partial charge in [0.2, 0.25) is 5.91 Å². The van der Waals surface area contributed by atoms with E-state index < -0.39 is 0 Å². The van der Waals surface area contributed by atoms with Gasteiger partial charge in [-0.1, -0.05) is 30.3 Å². The summed E-state index contributed by atoms with van der Waals surface area (Å²) in [5, 5.41) is 0. The maximum absolute atomic E-state index is 14.0. The monoisotopic (exact) mass is 434 g/mol. The van der Waals surface area contributed by atoms with E-state index in [4.69, 9.17) is 9.47 Å². The summed E-state index contributed by atoms with van der Waals surface area (Å²) in [7, 11) is 1.56. The van der Waals surface area contributed by atoms with Gasteiger partial charge in [0.15, 0.2) is 11.5 Å². The average Bonchev–Trinajstić information content (AvgIpc) is 2.82. The van der Waals surface area contributed by atoms with Crippen LogP contribution in [0.15, 0.2) is 79.6 Å². The third kappa shape index (κ3) is 6.41. The van der Waals surface area contributed by atoms with Crippen molar-refractivity contribution in [3.63, 3.8) is 0 Å². The number of benzene rings is 2. The molecule has 0 aliphatic heterocycles. The fourth-order valence-corrected chi connectivity index (χ4v) is 3.25. The van der Waals surface area contributed by atoms with E-state index in [1.165, 1.54) is 6.07 Å². The van der Waals surface area contributed by atoms with Crippen LogP contribution >= 0.6 is 0 Å². The quantitative estimate of drug-likeness (QED) is 0.384. The molecule has 3 rings (SSSR count). The zero-order valence-corrected chi connectivity index (χ0v) is 18.2. The molecule has 0 saturated heterocycles. The Balaban J connectivity index is 1.78. The summed E-state index contributed by atoms with van der Waals surface area (Å²) in [4.78, 5) is 18.7. The fourth-order valence-electron chi connectivity index (χ4n) is 3.25. The number of carbonyl (C=O) groups is 1. The Labute approximate surface area is 188 Å². The molecule has 6 heteroatoms. The van der Waals surface area contributed by atoms with Crippen LogP contribution in [0, 0.1) is 5.82 Å². The third-order valence-electron chi connectivity index (χ3n) is 4.98. The van der Waals surface area contributed by atoms with Gasteiger partial charge in [-0.2, -0.15) is 0 Å². The van der Waals surface area contributed by atoms with Gasteiger partial charge in [-0.3, -0.25) is 9.78 Å². The lowest BCUT2D eigenvalue weighted by Gasteiger charge is -2.23. The maximum Gasteiger partial charge on any atom is 0.223 e. The largest absolute Gasteiger partial charge is 0.493 e. The van der Waals surface area contributed by atoms with Crippen LogP contribution in [0.2, 0.25) is 0 Å². The van der Waals surface area contributed by atoms with E-state index in [9.17, 15) is 9.18 Å². The van der Waals surface area contributed by atoms with Crippen LogP contribution in [0.1, 0.15) is 29.5 Å². The van der Waals surface area contributed by atoms with Crippen molar-refractivity contribution < 1.29 is 18.7 Å². The molecule has 0 atom stereocenters. The Morgan fingerprint density at radius 3 is 2.53 bits per heavy atom. The number of hydrogen-bond acceptors (Lipinski definition) is 4. The molecule has 2 aromatic carbocycles.